The summed E-state index contributed by atoms with van der Waals surface area (Å²) in [5.41, 5.74) is 2.89. The minimum atomic E-state index is -1.53. The third kappa shape index (κ3) is 11.3. The van der Waals surface area contributed by atoms with Crippen LogP contribution in [0.5, 0.6) is 0 Å². The summed E-state index contributed by atoms with van der Waals surface area (Å²) in [6, 6.07) is 11.7. The summed E-state index contributed by atoms with van der Waals surface area (Å²) in [4.78, 5) is 0. The highest BCUT2D eigenvalue weighted by Crippen LogP contribution is 2.21. The SMILES string of the molecule is C[Si](CCc1ccc(CC[Si](C)(C)O[Si](C)(C)C)cc1)O[Si](C)(C)C. The van der Waals surface area contributed by atoms with Crippen LogP contribution in [-0.2, 0) is 21.1 Å². The van der Waals surface area contributed by atoms with Gasteiger partial charge in [-0.1, -0.05) is 24.3 Å². The van der Waals surface area contributed by atoms with E-state index in [9.17, 15) is 0 Å². The van der Waals surface area contributed by atoms with Gasteiger partial charge in [0.2, 0.25) is 0 Å². The van der Waals surface area contributed by atoms with E-state index in [-0.39, 0.29) is 0 Å². The van der Waals surface area contributed by atoms with Crippen molar-refractivity contribution in [2.75, 3.05) is 0 Å². The van der Waals surface area contributed by atoms with Gasteiger partial charge in [0.05, 0.1) is 0 Å². The van der Waals surface area contributed by atoms with Crippen molar-refractivity contribution in [1.82, 2.24) is 0 Å². The molecule has 0 aliphatic heterocycles. The van der Waals surface area contributed by atoms with Gasteiger partial charge in [-0.3, -0.25) is 0 Å². The molecule has 0 aromatic heterocycles. The average molecular weight is 412 g/mol. The summed E-state index contributed by atoms with van der Waals surface area (Å²) in [6.45, 7) is 20.8. The predicted molar refractivity (Wildman–Crippen MR) is 121 cm³/mol. The van der Waals surface area contributed by atoms with Crippen molar-refractivity contribution in [3.63, 3.8) is 0 Å². The molecule has 143 valence electrons. The molecule has 1 radical (unpaired) electrons. The molecule has 0 unspecified atom stereocenters. The quantitative estimate of drug-likeness (QED) is 0.420. The predicted octanol–water partition coefficient (Wildman–Crippen LogP) is 6.30. The Morgan fingerprint density at radius 2 is 1.24 bits per heavy atom. The van der Waals surface area contributed by atoms with E-state index in [1.165, 1.54) is 23.2 Å². The van der Waals surface area contributed by atoms with E-state index in [2.05, 4.69) is 83.2 Å². The summed E-state index contributed by atoms with van der Waals surface area (Å²) in [7, 11) is -4.98. The molecule has 0 amide bonds. The molecule has 1 aromatic carbocycles. The van der Waals surface area contributed by atoms with E-state index >= 15 is 0 Å². The monoisotopic (exact) mass is 411 g/mol. The first-order valence-electron chi connectivity index (χ1n) is 9.55. The maximum Gasteiger partial charge on any atom is 0.194 e. The molecular weight excluding hydrogens is 373 g/mol. The lowest BCUT2D eigenvalue weighted by Crippen LogP contribution is -2.42. The van der Waals surface area contributed by atoms with E-state index in [0.29, 0.717) is 0 Å². The molecule has 2 nitrogen and oxygen atoms in total. The van der Waals surface area contributed by atoms with Crippen LogP contribution in [0.25, 0.3) is 0 Å². The number of benzene rings is 1. The Labute approximate surface area is 161 Å². The van der Waals surface area contributed by atoms with Crippen LogP contribution in [0.2, 0.25) is 71.0 Å². The lowest BCUT2D eigenvalue weighted by Gasteiger charge is -2.31. The number of hydrogen-bond acceptors (Lipinski definition) is 2. The zero-order valence-electron chi connectivity index (χ0n) is 18.0. The third-order valence-electron chi connectivity index (χ3n) is 3.87. The van der Waals surface area contributed by atoms with Crippen LogP contribution < -0.4 is 0 Å². The lowest BCUT2D eigenvalue weighted by atomic mass is 10.1. The Morgan fingerprint density at radius 3 is 1.68 bits per heavy atom. The fourth-order valence-electron chi connectivity index (χ4n) is 3.09. The van der Waals surface area contributed by atoms with E-state index < -0.39 is 34.0 Å². The molecule has 0 bridgehead atoms. The van der Waals surface area contributed by atoms with Gasteiger partial charge in [0.15, 0.2) is 34.0 Å². The molecule has 0 fully saturated rings. The highest BCUT2D eigenvalue weighted by atomic mass is 28.4. The van der Waals surface area contributed by atoms with Crippen LogP contribution in [0.4, 0.5) is 0 Å². The molecular formula is C19H39O2Si4. The van der Waals surface area contributed by atoms with Gasteiger partial charge in [-0.2, -0.15) is 0 Å². The van der Waals surface area contributed by atoms with Crippen molar-refractivity contribution in [2.24, 2.45) is 0 Å². The van der Waals surface area contributed by atoms with Crippen molar-refractivity contribution >= 4 is 34.0 Å². The molecule has 1 aromatic rings. The highest BCUT2D eigenvalue weighted by Gasteiger charge is 2.29. The second-order valence-electron chi connectivity index (χ2n) is 9.71. The maximum absolute atomic E-state index is 6.45. The first-order chi connectivity index (χ1) is 11.3. The first-order valence-corrected chi connectivity index (χ1v) is 21.6. The van der Waals surface area contributed by atoms with Gasteiger partial charge < -0.3 is 8.23 Å². The van der Waals surface area contributed by atoms with Crippen molar-refractivity contribution in [1.29, 1.82) is 0 Å². The largest absolute Gasteiger partial charge is 0.456 e. The van der Waals surface area contributed by atoms with Gasteiger partial charge >= 0.3 is 0 Å². The van der Waals surface area contributed by atoms with Gasteiger partial charge in [-0.05, 0) is 95.0 Å². The van der Waals surface area contributed by atoms with E-state index in [1.54, 1.807) is 0 Å². The van der Waals surface area contributed by atoms with Crippen molar-refractivity contribution in [3.8, 4) is 0 Å². The van der Waals surface area contributed by atoms with Crippen LogP contribution in [-0.4, -0.2) is 34.0 Å². The molecule has 1 rings (SSSR count). The molecule has 0 aliphatic rings. The van der Waals surface area contributed by atoms with Gasteiger partial charge in [0.1, 0.15) is 0 Å². The van der Waals surface area contributed by atoms with Gasteiger partial charge in [0.25, 0.3) is 0 Å². The van der Waals surface area contributed by atoms with Crippen LogP contribution in [0.3, 0.4) is 0 Å². The fraction of sp³-hybridized carbons (Fsp3) is 0.684. The van der Waals surface area contributed by atoms with Gasteiger partial charge in [-0.15, -0.1) is 0 Å². The van der Waals surface area contributed by atoms with Crippen molar-refractivity contribution in [3.05, 3.63) is 35.4 Å². The Kier molecular flexibility index (Phi) is 8.55. The summed E-state index contributed by atoms with van der Waals surface area (Å²) in [6.07, 6.45) is 2.29. The minimum absolute atomic E-state index is 0.646. The van der Waals surface area contributed by atoms with Crippen molar-refractivity contribution in [2.45, 2.75) is 83.9 Å². The molecule has 0 heterocycles. The Balaban J connectivity index is 2.46. The fourth-order valence-corrected chi connectivity index (χ4v) is 16.3. The smallest absolute Gasteiger partial charge is 0.194 e. The van der Waals surface area contributed by atoms with E-state index in [4.69, 9.17) is 8.23 Å². The van der Waals surface area contributed by atoms with Gasteiger partial charge in [-0.25, -0.2) is 0 Å². The molecule has 0 spiro atoms. The summed E-state index contributed by atoms with van der Waals surface area (Å²) in [5.74, 6) is 0. The first kappa shape index (κ1) is 23.0. The van der Waals surface area contributed by atoms with E-state index in [1.807, 2.05) is 0 Å². The molecule has 0 atom stereocenters. The second kappa shape index (κ2) is 9.28. The van der Waals surface area contributed by atoms with Crippen LogP contribution >= 0.6 is 0 Å². The molecule has 0 aliphatic carbocycles. The highest BCUT2D eigenvalue weighted by molar-refractivity contribution is 6.84. The second-order valence-corrected chi connectivity index (χ2v) is 25.7. The molecule has 25 heavy (non-hydrogen) atoms. The normalized spacial score (nSPS) is 13.5. The maximum atomic E-state index is 6.45. The Bertz CT molecular complexity index is 516. The van der Waals surface area contributed by atoms with Crippen LogP contribution in [0.1, 0.15) is 11.1 Å². The zero-order chi connectivity index (χ0) is 19.3. The molecule has 6 heteroatoms. The molecule has 0 saturated heterocycles. The van der Waals surface area contributed by atoms with Crippen LogP contribution in [0, 0.1) is 0 Å². The number of rotatable bonds is 10. The Hall–Kier alpha value is 0.00753. The number of hydrogen-bond donors (Lipinski definition) is 0. The van der Waals surface area contributed by atoms with Crippen molar-refractivity contribution < 1.29 is 8.23 Å². The standard InChI is InChI=1S/C19H39O2Si4/c1-22(20-23(2,3)4)16-14-18-10-12-19(13-11-18)15-17-25(8,9)21-24(5,6)7/h10-13H,14-17H2,1-9H3. The van der Waals surface area contributed by atoms with E-state index in [0.717, 1.165) is 12.8 Å². The zero-order valence-corrected chi connectivity index (χ0v) is 22.0. The van der Waals surface area contributed by atoms with Gasteiger partial charge in [0, 0.05) is 0 Å². The third-order valence-corrected chi connectivity index (χ3v) is 14.8. The average Bonchev–Trinajstić information content (AvgIpc) is 2.40. The molecule has 0 N–H and O–H groups in total. The lowest BCUT2D eigenvalue weighted by molar-refractivity contribution is 0.547. The Morgan fingerprint density at radius 1 is 0.760 bits per heavy atom. The molecule has 0 saturated carbocycles. The van der Waals surface area contributed by atoms with Crippen LogP contribution in [0.15, 0.2) is 24.3 Å². The number of aryl methyl sites for hydroxylation is 2. The minimum Gasteiger partial charge on any atom is -0.456 e. The summed E-state index contributed by atoms with van der Waals surface area (Å²) >= 11 is 0. The summed E-state index contributed by atoms with van der Waals surface area (Å²) < 4.78 is 12.7. The summed E-state index contributed by atoms with van der Waals surface area (Å²) in [5, 5.41) is 0. The topological polar surface area (TPSA) is 18.5 Å².